The Labute approximate surface area is 89.9 Å². The first-order chi connectivity index (χ1) is 7.22. The van der Waals surface area contributed by atoms with Crippen molar-refractivity contribution in [3.8, 4) is 11.8 Å². The molecular formula is C12H15NO2. The first-order valence-corrected chi connectivity index (χ1v) is 4.97. The Morgan fingerprint density at radius 2 is 2.07 bits per heavy atom. The van der Waals surface area contributed by atoms with Gasteiger partial charge in [0.25, 0.3) is 0 Å². The molecule has 15 heavy (non-hydrogen) atoms. The zero-order chi connectivity index (χ0) is 11.1. The second-order valence-corrected chi connectivity index (χ2v) is 3.47. The van der Waals surface area contributed by atoms with E-state index in [9.17, 15) is 5.11 Å². The van der Waals surface area contributed by atoms with Crippen LogP contribution in [0.2, 0.25) is 0 Å². The molecule has 0 spiro atoms. The van der Waals surface area contributed by atoms with E-state index >= 15 is 0 Å². The van der Waals surface area contributed by atoms with Gasteiger partial charge in [-0.05, 0) is 19.1 Å². The number of benzene rings is 1. The normalized spacial score (nSPS) is 11.8. The van der Waals surface area contributed by atoms with E-state index in [0.29, 0.717) is 13.0 Å². The number of aliphatic hydroxyl groups excluding tert-OH is 1. The fourth-order valence-corrected chi connectivity index (χ4v) is 1.15. The lowest BCUT2D eigenvalue weighted by Gasteiger charge is -2.08. The minimum Gasteiger partial charge on any atom is -0.493 e. The van der Waals surface area contributed by atoms with E-state index < -0.39 is 6.10 Å². The lowest BCUT2D eigenvalue weighted by molar-refractivity contribution is 0.143. The molecule has 0 saturated carbocycles. The third kappa shape index (κ3) is 4.48. The van der Waals surface area contributed by atoms with E-state index in [1.54, 1.807) is 0 Å². The summed E-state index contributed by atoms with van der Waals surface area (Å²) in [6.07, 6.45) is 0.0686. The summed E-state index contributed by atoms with van der Waals surface area (Å²) in [4.78, 5) is 0. The summed E-state index contributed by atoms with van der Waals surface area (Å²) in [5, 5.41) is 17.6. The largest absolute Gasteiger partial charge is 0.493 e. The van der Waals surface area contributed by atoms with Crippen LogP contribution in [0, 0.1) is 18.3 Å². The van der Waals surface area contributed by atoms with Gasteiger partial charge in [-0.3, -0.25) is 0 Å². The Morgan fingerprint density at radius 1 is 1.40 bits per heavy atom. The maximum Gasteiger partial charge on any atom is 0.119 e. The van der Waals surface area contributed by atoms with Gasteiger partial charge in [-0.2, -0.15) is 5.26 Å². The number of aryl methyl sites for hydroxylation is 1. The van der Waals surface area contributed by atoms with E-state index in [0.717, 1.165) is 5.75 Å². The van der Waals surface area contributed by atoms with Gasteiger partial charge in [0.05, 0.1) is 25.2 Å². The summed E-state index contributed by atoms with van der Waals surface area (Å²) in [5.74, 6) is 0.796. The number of hydrogen-bond acceptors (Lipinski definition) is 3. The summed E-state index contributed by atoms with van der Waals surface area (Å²) in [7, 11) is 0. The lowest BCUT2D eigenvalue weighted by atomic mass is 10.2. The standard InChI is InChI=1S/C12H15NO2/c1-10-2-4-12(5-3-10)15-9-7-11(14)6-8-13/h2-5,11,14H,6-7,9H2,1H3. The first kappa shape index (κ1) is 11.5. The molecule has 3 nitrogen and oxygen atoms in total. The maximum atomic E-state index is 9.27. The Kier molecular flexibility index (Phi) is 4.65. The highest BCUT2D eigenvalue weighted by Gasteiger charge is 2.02. The van der Waals surface area contributed by atoms with Gasteiger partial charge < -0.3 is 9.84 Å². The predicted molar refractivity (Wildman–Crippen MR) is 57.5 cm³/mol. The Bertz CT molecular complexity index is 326. The third-order valence-electron chi connectivity index (χ3n) is 2.07. The zero-order valence-corrected chi connectivity index (χ0v) is 8.81. The SMILES string of the molecule is Cc1ccc(OCCC(O)CC#N)cc1. The van der Waals surface area contributed by atoms with Crippen molar-refractivity contribution in [1.82, 2.24) is 0 Å². The average Bonchev–Trinajstić information content (AvgIpc) is 2.21. The summed E-state index contributed by atoms with van der Waals surface area (Å²) in [6.45, 7) is 2.45. The lowest BCUT2D eigenvalue weighted by Crippen LogP contribution is -2.10. The van der Waals surface area contributed by atoms with Crippen molar-refractivity contribution >= 4 is 0 Å². The molecule has 0 saturated heterocycles. The summed E-state index contributed by atoms with van der Waals surface area (Å²) < 4.78 is 5.41. The minimum absolute atomic E-state index is 0.164. The maximum absolute atomic E-state index is 9.27. The molecule has 0 amide bonds. The van der Waals surface area contributed by atoms with Gasteiger partial charge in [-0.15, -0.1) is 0 Å². The van der Waals surface area contributed by atoms with Crippen LogP contribution in [0.25, 0.3) is 0 Å². The van der Waals surface area contributed by atoms with Gasteiger partial charge in [0, 0.05) is 6.42 Å². The molecule has 1 aromatic rings. The number of nitrogens with zero attached hydrogens (tertiary/aromatic N) is 1. The van der Waals surface area contributed by atoms with Crippen molar-refractivity contribution in [2.75, 3.05) is 6.61 Å². The first-order valence-electron chi connectivity index (χ1n) is 4.97. The molecule has 0 aliphatic rings. The summed E-state index contributed by atoms with van der Waals surface area (Å²) in [6, 6.07) is 9.65. The smallest absolute Gasteiger partial charge is 0.119 e. The topological polar surface area (TPSA) is 53.2 Å². The number of hydrogen-bond donors (Lipinski definition) is 1. The summed E-state index contributed by atoms with van der Waals surface area (Å²) in [5.41, 5.74) is 1.19. The van der Waals surface area contributed by atoms with Crippen molar-refractivity contribution in [2.24, 2.45) is 0 Å². The molecule has 80 valence electrons. The molecule has 0 radical (unpaired) electrons. The predicted octanol–water partition coefficient (Wildman–Crippen LogP) is 2.04. The van der Waals surface area contributed by atoms with Crippen molar-refractivity contribution in [1.29, 1.82) is 5.26 Å². The van der Waals surface area contributed by atoms with E-state index in [-0.39, 0.29) is 6.42 Å². The van der Waals surface area contributed by atoms with E-state index in [1.165, 1.54) is 5.56 Å². The van der Waals surface area contributed by atoms with Gasteiger partial charge in [-0.25, -0.2) is 0 Å². The Hall–Kier alpha value is -1.53. The quantitative estimate of drug-likeness (QED) is 0.800. The molecule has 0 aliphatic heterocycles. The van der Waals surface area contributed by atoms with Gasteiger partial charge >= 0.3 is 0 Å². The van der Waals surface area contributed by atoms with Crippen LogP contribution in [-0.4, -0.2) is 17.8 Å². The van der Waals surface area contributed by atoms with Crippen LogP contribution in [0.3, 0.4) is 0 Å². The van der Waals surface area contributed by atoms with Crippen LogP contribution in [0.5, 0.6) is 5.75 Å². The van der Waals surface area contributed by atoms with E-state index in [1.807, 2.05) is 37.3 Å². The minimum atomic E-state index is -0.583. The highest BCUT2D eigenvalue weighted by Crippen LogP contribution is 2.12. The molecule has 1 unspecified atom stereocenters. The molecule has 3 heteroatoms. The monoisotopic (exact) mass is 205 g/mol. The highest BCUT2D eigenvalue weighted by molar-refractivity contribution is 5.26. The van der Waals surface area contributed by atoms with Crippen molar-refractivity contribution < 1.29 is 9.84 Å². The van der Waals surface area contributed by atoms with E-state index in [2.05, 4.69) is 0 Å². The highest BCUT2D eigenvalue weighted by atomic mass is 16.5. The van der Waals surface area contributed by atoms with Crippen LogP contribution in [0.1, 0.15) is 18.4 Å². The molecule has 1 rings (SSSR count). The molecule has 0 fully saturated rings. The fraction of sp³-hybridized carbons (Fsp3) is 0.417. The van der Waals surface area contributed by atoms with Crippen LogP contribution >= 0.6 is 0 Å². The van der Waals surface area contributed by atoms with Crippen LogP contribution in [0.4, 0.5) is 0 Å². The van der Waals surface area contributed by atoms with Crippen molar-refractivity contribution in [2.45, 2.75) is 25.9 Å². The molecule has 1 atom stereocenters. The molecule has 0 bridgehead atoms. The molecule has 0 aromatic heterocycles. The van der Waals surface area contributed by atoms with Crippen LogP contribution in [0.15, 0.2) is 24.3 Å². The number of nitriles is 1. The fourth-order valence-electron chi connectivity index (χ4n) is 1.15. The number of ether oxygens (including phenoxy) is 1. The Balaban J connectivity index is 2.26. The molecule has 0 heterocycles. The summed E-state index contributed by atoms with van der Waals surface area (Å²) >= 11 is 0. The van der Waals surface area contributed by atoms with Gasteiger partial charge in [-0.1, -0.05) is 17.7 Å². The molecule has 1 N–H and O–H groups in total. The van der Waals surface area contributed by atoms with Crippen molar-refractivity contribution in [3.05, 3.63) is 29.8 Å². The zero-order valence-electron chi connectivity index (χ0n) is 8.81. The second kappa shape index (κ2) is 6.05. The molecular weight excluding hydrogens is 190 g/mol. The van der Waals surface area contributed by atoms with E-state index in [4.69, 9.17) is 10.00 Å². The molecule has 0 aliphatic carbocycles. The van der Waals surface area contributed by atoms with Crippen LogP contribution in [-0.2, 0) is 0 Å². The Morgan fingerprint density at radius 3 is 2.67 bits per heavy atom. The van der Waals surface area contributed by atoms with Crippen LogP contribution < -0.4 is 4.74 Å². The molecule has 1 aromatic carbocycles. The third-order valence-corrected chi connectivity index (χ3v) is 2.07. The van der Waals surface area contributed by atoms with Crippen molar-refractivity contribution in [3.63, 3.8) is 0 Å². The van der Waals surface area contributed by atoms with Gasteiger partial charge in [0.15, 0.2) is 0 Å². The van der Waals surface area contributed by atoms with Gasteiger partial charge in [0.2, 0.25) is 0 Å². The van der Waals surface area contributed by atoms with Gasteiger partial charge in [0.1, 0.15) is 5.75 Å². The average molecular weight is 205 g/mol. The second-order valence-electron chi connectivity index (χ2n) is 3.47. The number of aliphatic hydroxyl groups is 1. The number of rotatable bonds is 5.